The van der Waals surface area contributed by atoms with Gasteiger partial charge in [-0.05, 0) is 31.5 Å². The molecular weight excluding hydrogens is 277 g/mol. The predicted molar refractivity (Wildman–Crippen MR) is 84.1 cm³/mol. The van der Waals surface area contributed by atoms with Gasteiger partial charge in [0.1, 0.15) is 5.82 Å². The summed E-state index contributed by atoms with van der Waals surface area (Å²) in [5.41, 5.74) is 0.674. The minimum absolute atomic E-state index is 0.237. The van der Waals surface area contributed by atoms with E-state index in [1.165, 1.54) is 12.1 Å². The first kappa shape index (κ1) is 16.8. The van der Waals surface area contributed by atoms with Crippen LogP contribution in [0.25, 0.3) is 0 Å². The minimum Gasteiger partial charge on any atom is -0.356 e. The summed E-state index contributed by atoms with van der Waals surface area (Å²) in [6.45, 7) is 8.86. The summed E-state index contributed by atoms with van der Waals surface area (Å²) < 4.78 is 13.1. The Kier molecular flexibility index (Phi) is 5.81. The molecule has 1 rings (SSSR count). The van der Waals surface area contributed by atoms with E-state index >= 15 is 0 Å². The second kappa shape index (κ2) is 6.93. The van der Waals surface area contributed by atoms with Gasteiger partial charge in [0, 0.05) is 30.1 Å². The molecule has 0 aliphatic heterocycles. The Morgan fingerprint density at radius 2 is 2.05 bits per heavy atom. The third-order valence-corrected chi connectivity index (χ3v) is 3.32. The molecule has 0 fully saturated rings. The zero-order chi connectivity index (χ0) is 15.3. The highest BCUT2D eigenvalue weighted by Crippen LogP contribution is 2.29. The maximum absolute atomic E-state index is 13.1. The number of benzene rings is 1. The fourth-order valence-electron chi connectivity index (χ4n) is 1.91. The Hall–Kier alpha value is -1.29. The minimum atomic E-state index is -0.320. The lowest BCUT2D eigenvalue weighted by atomic mass is 9.84. The van der Waals surface area contributed by atoms with E-state index in [2.05, 4.69) is 43.3 Å². The maximum Gasteiger partial charge on any atom is 0.191 e. The summed E-state index contributed by atoms with van der Waals surface area (Å²) in [5, 5.41) is 6.94. The smallest absolute Gasteiger partial charge is 0.191 e. The molecule has 0 atom stereocenters. The Labute approximate surface area is 125 Å². The Morgan fingerprint density at radius 3 is 2.55 bits per heavy atom. The maximum atomic E-state index is 13.1. The third kappa shape index (κ3) is 4.67. The molecule has 1 aromatic carbocycles. The SMILES string of the molecule is CN=C(NCC(C)(C)c1ccc(F)cc1Cl)NC(C)C. The lowest BCUT2D eigenvalue weighted by Crippen LogP contribution is -2.45. The lowest BCUT2D eigenvalue weighted by Gasteiger charge is -2.28. The molecule has 2 N–H and O–H groups in total. The molecule has 20 heavy (non-hydrogen) atoms. The van der Waals surface area contributed by atoms with Crippen molar-refractivity contribution in [3.8, 4) is 0 Å². The highest BCUT2D eigenvalue weighted by molar-refractivity contribution is 6.31. The molecule has 0 bridgehead atoms. The molecule has 0 saturated carbocycles. The number of hydrogen-bond acceptors (Lipinski definition) is 1. The van der Waals surface area contributed by atoms with Crippen molar-refractivity contribution in [1.82, 2.24) is 10.6 Å². The van der Waals surface area contributed by atoms with Crippen molar-refractivity contribution in [2.24, 2.45) is 4.99 Å². The zero-order valence-electron chi connectivity index (χ0n) is 12.7. The summed E-state index contributed by atoms with van der Waals surface area (Å²) >= 11 is 6.13. The number of guanidine groups is 1. The van der Waals surface area contributed by atoms with E-state index in [1.54, 1.807) is 13.1 Å². The van der Waals surface area contributed by atoms with Gasteiger partial charge < -0.3 is 10.6 Å². The van der Waals surface area contributed by atoms with Gasteiger partial charge in [-0.3, -0.25) is 4.99 Å². The second-order valence-electron chi connectivity index (χ2n) is 5.73. The van der Waals surface area contributed by atoms with E-state index in [0.717, 1.165) is 11.5 Å². The first-order valence-electron chi connectivity index (χ1n) is 6.69. The highest BCUT2D eigenvalue weighted by Gasteiger charge is 2.24. The molecule has 0 unspecified atom stereocenters. The van der Waals surface area contributed by atoms with Crippen LogP contribution < -0.4 is 10.6 Å². The van der Waals surface area contributed by atoms with Crippen LogP contribution in [0.3, 0.4) is 0 Å². The van der Waals surface area contributed by atoms with Crippen molar-refractivity contribution in [3.63, 3.8) is 0 Å². The van der Waals surface area contributed by atoms with Crippen LogP contribution in [0.15, 0.2) is 23.2 Å². The van der Waals surface area contributed by atoms with E-state index in [-0.39, 0.29) is 11.2 Å². The van der Waals surface area contributed by atoms with Gasteiger partial charge in [0.15, 0.2) is 5.96 Å². The first-order valence-corrected chi connectivity index (χ1v) is 7.07. The number of rotatable bonds is 4. The van der Waals surface area contributed by atoms with Crippen LogP contribution in [0.5, 0.6) is 0 Å². The van der Waals surface area contributed by atoms with Crippen LogP contribution in [0.4, 0.5) is 4.39 Å². The van der Waals surface area contributed by atoms with E-state index in [4.69, 9.17) is 11.6 Å². The van der Waals surface area contributed by atoms with Crippen LogP contribution in [0.1, 0.15) is 33.3 Å². The second-order valence-corrected chi connectivity index (χ2v) is 6.14. The average Bonchev–Trinajstić information content (AvgIpc) is 2.33. The average molecular weight is 300 g/mol. The number of aliphatic imine (C=N–C) groups is 1. The van der Waals surface area contributed by atoms with E-state index in [0.29, 0.717) is 17.6 Å². The quantitative estimate of drug-likeness (QED) is 0.661. The van der Waals surface area contributed by atoms with Crippen LogP contribution in [0, 0.1) is 5.82 Å². The molecule has 0 heterocycles. The van der Waals surface area contributed by atoms with Crippen molar-refractivity contribution < 1.29 is 4.39 Å². The molecule has 112 valence electrons. The number of nitrogens with one attached hydrogen (secondary N) is 2. The summed E-state index contributed by atoms with van der Waals surface area (Å²) in [6, 6.07) is 4.82. The summed E-state index contributed by atoms with van der Waals surface area (Å²) in [4.78, 5) is 4.16. The van der Waals surface area contributed by atoms with Gasteiger partial charge in [0.2, 0.25) is 0 Å². The summed E-state index contributed by atoms with van der Waals surface area (Å²) in [6.07, 6.45) is 0. The molecule has 0 amide bonds. The molecule has 0 aromatic heterocycles. The number of nitrogens with zero attached hydrogens (tertiary/aromatic N) is 1. The normalized spacial score (nSPS) is 12.7. The van der Waals surface area contributed by atoms with Crippen molar-refractivity contribution in [2.45, 2.75) is 39.2 Å². The number of halogens is 2. The third-order valence-electron chi connectivity index (χ3n) is 3.01. The van der Waals surface area contributed by atoms with Gasteiger partial charge >= 0.3 is 0 Å². The molecule has 0 saturated heterocycles. The van der Waals surface area contributed by atoms with Crippen LogP contribution in [-0.2, 0) is 5.41 Å². The van der Waals surface area contributed by atoms with Gasteiger partial charge in [-0.2, -0.15) is 0 Å². The van der Waals surface area contributed by atoms with Crippen molar-refractivity contribution in [3.05, 3.63) is 34.6 Å². The Bertz CT molecular complexity index is 484. The molecule has 0 radical (unpaired) electrons. The Morgan fingerprint density at radius 1 is 1.40 bits per heavy atom. The standard InChI is InChI=1S/C15H23ClFN3/c1-10(2)20-14(18-5)19-9-15(3,4)12-7-6-11(17)8-13(12)16/h6-8,10H,9H2,1-5H3,(H2,18,19,20). The molecule has 1 aromatic rings. The van der Waals surface area contributed by atoms with E-state index in [9.17, 15) is 4.39 Å². The van der Waals surface area contributed by atoms with E-state index in [1.807, 2.05) is 0 Å². The molecule has 0 spiro atoms. The molecular formula is C15H23ClFN3. The topological polar surface area (TPSA) is 36.4 Å². The highest BCUT2D eigenvalue weighted by atomic mass is 35.5. The van der Waals surface area contributed by atoms with Gasteiger partial charge in [-0.1, -0.05) is 31.5 Å². The molecule has 3 nitrogen and oxygen atoms in total. The predicted octanol–water partition coefficient (Wildman–Crippen LogP) is 3.33. The lowest BCUT2D eigenvalue weighted by molar-refractivity contribution is 0.505. The first-order chi connectivity index (χ1) is 9.26. The van der Waals surface area contributed by atoms with Crippen molar-refractivity contribution in [1.29, 1.82) is 0 Å². The van der Waals surface area contributed by atoms with Crippen molar-refractivity contribution in [2.75, 3.05) is 13.6 Å². The van der Waals surface area contributed by atoms with Gasteiger partial charge in [-0.15, -0.1) is 0 Å². The van der Waals surface area contributed by atoms with E-state index < -0.39 is 0 Å². The Balaban J connectivity index is 2.79. The van der Waals surface area contributed by atoms with Gasteiger partial charge in [0.05, 0.1) is 0 Å². The summed E-state index contributed by atoms with van der Waals surface area (Å²) in [5.74, 6) is 0.422. The fraction of sp³-hybridized carbons (Fsp3) is 0.533. The van der Waals surface area contributed by atoms with Gasteiger partial charge in [0.25, 0.3) is 0 Å². The molecule has 0 aliphatic carbocycles. The zero-order valence-corrected chi connectivity index (χ0v) is 13.5. The number of hydrogen-bond donors (Lipinski definition) is 2. The largest absolute Gasteiger partial charge is 0.356 e. The fourth-order valence-corrected chi connectivity index (χ4v) is 2.33. The van der Waals surface area contributed by atoms with Crippen molar-refractivity contribution >= 4 is 17.6 Å². The van der Waals surface area contributed by atoms with Gasteiger partial charge in [-0.25, -0.2) is 4.39 Å². The summed E-state index contributed by atoms with van der Waals surface area (Å²) in [7, 11) is 1.73. The van der Waals surface area contributed by atoms with Crippen LogP contribution in [0.2, 0.25) is 5.02 Å². The molecule has 5 heteroatoms. The molecule has 0 aliphatic rings. The monoisotopic (exact) mass is 299 g/mol. The van der Waals surface area contributed by atoms with Crippen LogP contribution >= 0.6 is 11.6 Å². The van der Waals surface area contributed by atoms with Crippen LogP contribution in [-0.4, -0.2) is 25.6 Å².